The van der Waals surface area contributed by atoms with Crippen LogP contribution in [0.15, 0.2) is 12.7 Å². The number of hydrogen-bond donors (Lipinski definition) is 1. The van der Waals surface area contributed by atoms with E-state index in [-0.39, 0.29) is 6.61 Å². The Balaban J connectivity index is 3.45. The molecule has 0 radical (unpaired) electrons. The molecule has 0 saturated heterocycles. The molecule has 1 N–H and O–H groups in total. The van der Waals surface area contributed by atoms with Crippen LogP contribution in [0.2, 0.25) is 0 Å². The molecule has 0 aromatic rings. The van der Waals surface area contributed by atoms with Gasteiger partial charge in [-0.3, -0.25) is 4.79 Å². The molecule has 0 heterocycles. The van der Waals surface area contributed by atoms with Crippen molar-refractivity contribution in [1.82, 2.24) is 5.48 Å². The molecule has 0 saturated carbocycles. The Labute approximate surface area is 63.9 Å². The maximum atomic E-state index is 10.5. The molecule has 0 aromatic heterocycles. The van der Waals surface area contributed by atoms with Crippen LogP contribution in [-0.2, 0) is 19.2 Å². The number of carbonyl (C=O) groups is 2. The van der Waals surface area contributed by atoms with Gasteiger partial charge in [-0.05, 0) is 6.08 Å². The SMILES string of the molecule is C=CC(=O)NOC(=O)COC. The van der Waals surface area contributed by atoms with Crippen molar-refractivity contribution in [2.24, 2.45) is 0 Å². The van der Waals surface area contributed by atoms with Crippen molar-refractivity contribution in [1.29, 1.82) is 0 Å². The fraction of sp³-hybridized carbons (Fsp3) is 0.333. The molecular formula is C6H9NO4. The smallest absolute Gasteiger partial charge is 0.357 e. The third-order valence-corrected chi connectivity index (χ3v) is 0.713. The highest BCUT2D eigenvalue weighted by molar-refractivity contribution is 5.87. The van der Waals surface area contributed by atoms with Crippen molar-refractivity contribution in [3.8, 4) is 0 Å². The minimum atomic E-state index is -0.664. The predicted octanol–water partition coefficient (Wildman–Crippen LogP) is -0.607. The first-order valence-electron chi connectivity index (χ1n) is 2.81. The van der Waals surface area contributed by atoms with Crippen LogP contribution in [0.1, 0.15) is 0 Å². The highest BCUT2D eigenvalue weighted by atomic mass is 16.7. The molecule has 1 amide bonds. The predicted molar refractivity (Wildman–Crippen MR) is 36.3 cm³/mol. The zero-order valence-electron chi connectivity index (χ0n) is 6.12. The number of ether oxygens (including phenoxy) is 1. The molecule has 0 unspecified atom stereocenters. The van der Waals surface area contributed by atoms with Crippen molar-refractivity contribution in [2.45, 2.75) is 0 Å². The van der Waals surface area contributed by atoms with Crippen LogP contribution in [0.5, 0.6) is 0 Å². The molecule has 0 bridgehead atoms. The van der Waals surface area contributed by atoms with Crippen LogP contribution in [0.25, 0.3) is 0 Å². The van der Waals surface area contributed by atoms with Gasteiger partial charge in [0.25, 0.3) is 5.91 Å². The molecule has 0 atom stereocenters. The lowest BCUT2D eigenvalue weighted by Gasteiger charge is -2.00. The number of nitrogens with one attached hydrogen (secondary N) is 1. The largest absolute Gasteiger partial charge is 0.373 e. The van der Waals surface area contributed by atoms with E-state index in [2.05, 4.69) is 16.2 Å². The van der Waals surface area contributed by atoms with Gasteiger partial charge in [-0.15, -0.1) is 0 Å². The fourth-order valence-corrected chi connectivity index (χ4v) is 0.296. The van der Waals surface area contributed by atoms with Crippen molar-refractivity contribution in [3.05, 3.63) is 12.7 Å². The topological polar surface area (TPSA) is 64.6 Å². The minimum Gasteiger partial charge on any atom is -0.373 e. The Hall–Kier alpha value is -1.36. The van der Waals surface area contributed by atoms with Crippen molar-refractivity contribution in [2.75, 3.05) is 13.7 Å². The molecule has 0 aliphatic carbocycles. The van der Waals surface area contributed by atoms with Crippen molar-refractivity contribution >= 4 is 11.9 Å². The van der Waals surface area contributed by atoms with Crippen molar-refractivity contribution < 1.29 is 19.2 Å². The Morgan fingerprint density at radius 2 is 2.27 bits per heavy atom. The van der Waals surface area contributed by atoms with Gasteiger partial charge in [0, 0.05) is 7.11 Å². The number of rotatable bonds is 3. The van der Waals surface area contributed by atoms with Crippen molar-refractivity contribution in [3.63, 3.8) is 0 Å². The summed E-state index contributed by atoms with van der Waals surface area (Å²) in [5.41, 5.74) is 1.83. The summed E-state index contributed by atoms with van der Waals surface area (Å²) in [4.78, 5) is 25.0. The summed E-state index contributed by atoms with van der Waals surface area (Å²) in [7, 11) is 1.34. The van der Waals surface area contributed by atoms with Gasteiger partial charge >= 0.3 is 5.97 Å². The van der Waals surface area contributed by atoms with Crippen LogP contribution >= 0.6 is 0 Å². The molecule has 5 nitrogen and oxygen atoms in total. The lowest BCUT2D eigenvalue weighted by molar-refractivity contribution is -0.160. The summed E-state index contributed by atoms with van der Waals surface area (Å²) < 4.78 is 4.42. The second kappa shape index (κ2) is 5.43. The van der Waals surface area contributed by atoms with Crippen LogP contribution in [0.3, 0.4) is 0 Å². The summed E-state index contributed by atoms with van der Waals surface area (Å²) in [6.45, 7) is 2.95. The van der Waals surface area contributed by atoms with Gasteiger partial charge in [-0.2, -0.15) is 5.48 Å². The van der Waals surface area contributed by atoms with E-state index in [9.17, 15) is 9.59 Å². The van der Waals surface area contributed by atoms with E-state index in [1.807, 2.05) is 5.48 Å². The van der Waals surface area contributed by atoms with E-state index < -0.39 is 11.9 Å². The maximum absolute atomic E-state index is 10.5. The van der Waals surface area contributed by atoms with Gasteiger partial charge < -0.3 is 9.57 Å². The van der Waals surface area contributed by atoms with E-state index in [1.54, 1.807) is 0 Å². The van der Waals surface area contributed by atoms with E-state index >= 15 is 0 Å². The fourth-order valence-electron chi connectivity index (χ4n) is 0.296. The average Bonchev–Trinajstić information content (AvgIpc) is 2.01. The number of hydroxylamine groups is 1. The summed E-state index contributed by atoms with van der Waals surface area (Å²) in [5.74, 6) is -1.24. The molecule has 0 aromatic carbocycles. The highest BCUT2D eigenvalue weighted by Gasteiger charge is 2.02. The monoisotopic (exact) mass is 159 g/mol. The normalized spacial score (nSPS) is 8.45. The quantitative estimate of drug-likeness (QED) is 0.441. The Bertz CT molecular complexity index is 166. The van der Waals surface area contributed by atoms with E-state index in [0.717, 1.165) is 6.08 Å². The molecular weight excluding hydrogens is 150 g/mol. The zero-order chi connectivity index (χ0) is 8.69. The third-order valence-electron chi connectivity index (χ3n) is 0.713. The number of hydrogen-bond acceptors (Lipinski definition) is 4. The molecule has 0 aliphatic heterocycles. The highest BCUT2D eigenvalue weighted by Crippen LogP contribution is 1.75. The van der Waals surface area contributed by atoms with Crippen LogP contribution < -0.4 is 5.48 Å². The van der Waals surface area contributed by atoms with Gasteiger partial charge in [0.1, 0.15) is 6.61 Å². The van der Waals surface area contributed by atoms with Crippen LogP contribution in [0, 0.1) is 0 Å². The molecule has 11 heavy (non-hydrogen) atoms. The Kier molecular flexibility index (Phi) is 4.76. The standard InChI is InChI=1S/C6H9NO4/c1-3-5(8)7-11-6(9)4-10-2/h3H,1,4H2,2H3,(H,7,8). The van der Waals surface area contributed by atoms with E-state index in [4.69, 9.17) is 0 Å². The lowest BCUT2D eigenvalue weighted by atomic mass is 10.6. The number of carbonyl (C=O) groups excluding carboxylic acids is 2. The minimum absolute atomic E-state index is 0.197. The molecule has 0 fully saturated rings. The molecule has 0 spiro atoms. The summed E-state index contributed by atoms with van der Waals surface area (Å²) >= 11 is 0. The summed E-state index contributed by atoms with van der Waals surface area (Å²) in [5, 5.41) is 0. The van der Waals surface area contributed by atoms with Crippen LogP contribution in [-0.4, -0.2) is 25.6 Å². The molecule has 62 valence electrons. The Morgan fingerprint density at radius 1 is 1.64 bits per heavy atom. The molecule has 0 rings (SSSR count). The second-order valence-corrected chi connectivity index (χ2v) is 1.58. The first-order chi connectivity index (χ1) is 5.20. The number of amides is 1. The molecule has 0 aliphatic rings. The third kappa shape index (κ3) is 5.10. The van der Waals surface area contributed by atoms with Gasteiger partial charge in [0.2, 0.25) is 0 Å². The summed E-state index contributed by atoms with van der Waals surface area (Å²) in [6, 6.07) is 0. The van der Waals surface area contributed by atoms with E-state index in [0.29, 0.717) is 0 Å². The summed E-state index contributed by atoms with van der Waals surface area (Å²) in [6.07, 6.45) is 0.986. The van der Waals surface area contributed by atoms with E-state index in [1.165, 1.54) is 7.11 Å². The zero-order valence-corrected chi connectivity index (χ0v) is 6.12. The van der Waals surface area contributed by atoms with Gasteiger partial charge in [-0.1, -0.05) is 6.58 Å². The van der Waals surface area contributed by atoms with Gasteiger partial charge in [0.05, 0.1) is 0 Å². The first kappa shape index (κ1) is 9.64. The number of methoxy groups -OCH3 is 1. The van der Waals surface area contributed by atoms with Crippen LogP contribution in [0.4, 0.5) is 0 Å². The first-order valence-corrected chi connectivity index (χ1v) is 2.81. The Morgan fingerprint density at radius 3 is 2.73 bits per heavy atom. The van der Waals surface area contributed by atoms with Gasteiger partial charge in [0.15, 0.2) is 0 Å². The maximum Gasteiger partial charge on any atom is 0.357 e. The molecule has 5 heteroatoms. The lowest BCUT2D eigenvalue weighted by Crippen LogP contribution is -2.27. The average molecular weight is 159 g/mol. The second-order valence-electron chi connectivity index (χ2n) is 1.58. The van der Waals surface area contributed by atoms with Gasteiger partial charge in [-0.25, -0.2) is 4.79 Å².